The third kappa shape index (κ3) is 3.24. The summed E-state index contributed by atoms with van der Waals surface area (Å²) in [6.45, 7) is 5.48. The van der Waals surface area contributed by atoms with Crippen LogP contribution in [0.5, 0.6) is 0 Å². The largest absolute Gasteiger partial charge is 0.472 e. The summed E-state index contributed by atoms with van der Waals surface area (Å²) in [4.78, 5) is 0. The quantitative estimate of drug-likeness (QED) is 0.885. The lowest BCUT2D eigenvalue weighted by Crippen LogP contribution is -2.38. The van der Waals surface area contributed by atoms with Crippen molar-refractivity contribution in [2.45, 2.75) is 36.8 Å². The Morgan fingerprint density at radius 1 is 1.41 bits per heavy atom. The van der Waals surface area contributed by atoms with Gasteiger partial charge in [-0.3, -0.25) is 0 Å². The summed E-state index contributed by atoms with van der Waals surface area (Å²) in [5.74, 6) is 2.56. The van der Waals surface area contributed by atoms with Crippen LogP contribution in [0.25, 0.3) is 0 Å². The minimum absolute atomic E-state index is 0.432. The summed E-state index contributed by atoms with van der Waals surface area (Å²) in [6, 6.07) is 2.53. The molecule has 1 aliphatic rings. The van der Waals surface area contributed by atoms with Gasteiger partial charge in [0.25, 0.3) is 0 Å². The molecule has 17 heavy (non-hydrogen) atoms. The Morgan fingerprint density at radius 2 is 2.24 bits per heavy atom. The smallest absolute Gasteiger partial charge is 0.0950 e. The van der Waals surface area contributed by atoms with Gasteiger partial charge < -0.3 is 9.73 Å². The normalized spacial score (nSPS) is 26.9. The highest BCUT2D eigenvalue weighted by molar-refractivity contribution is 8.07. The van der Waals surface area contributed by atoms with E-state index in [4.69, 9.17) is 4.42 Å². The Kier molecular flexibility index (Phi) is 5.32. The van der Waals surface area contributed by atoms with E-state index >= 15 is 0 Å². The molecule has 96 valence electrons. The van der Waals surface area contributed by atoms with E-state index in [-0.39, 0.29) is 0 Å². The van der Waals surface area contributed by atoms with E-state index in [9.17, 15) is 0 Å². The summed E-state index contributed by atoms with van der Waals surface area (Å²) in [6.07, 6.45) is 4.92. The molecule has 2 rings (SSSR count). The van der Waals surface area contributed by atoms with Gasteiger partial charge >= 0.3 is 0 Å². The van der Waals surface area contributed by atoms with E-state index in [2.05, 4.69) is 48.8 Å². The maximum atomic E-state index is 5.25. The zero-order chi connectivity index (χ0) is 12.1. The highest BCUT2D eigenvalue weighted by atomic mass is 32.2. The molecule has 1 N–H and O–H groups in total. The zero-order valence-corrected chi connectivity index (χ0v) is 12.2. The van der Waals surface area contributed by atoms with Gasteiger partial charge in [0.2, 0.25) is 0 Å². The Morgan fingerprint density at radius 3 is 2.88 bits per heavy atom. The van der Waals surface area contributed by atoms with Crippen LogP contribution in [-0.2, 0) is 0 Å². The zero-order valence-electron chi connectivity index (χ0n) is 10.5. The second-order valence-electron chi connectivity index (χ2n) is 4.24. The molecule has 1 aliphatic heterocycles. The maximum absolute atomic E-state index is 5.25. The van der Waals surface area contributed by atoms with Crippen LogP contribution in [0.3, 0.4) is 0 Å². The van der Waals surface area contributed by atoms with Crippen LogP contribution in [0.4, 0.5) is 0 Å². The minimum atomic E-state index is 0.432. The first-order valence-corrected chi connectivity index (χ1v) is 8.45. The number of furan rings is 1. The standard InChI is InChI=1S/C13H21NOS2/c1-3-11-13(17-8-7-16-11)12(14-4-2)10-5-6-15-9-10/h5-6,9,11-14H,3-4,7-8H2,1-2H3. The molecule has 0 radical (unpaired) electrons. The molecule has 0 saturated carbocycles. The van der Waals surface area contributed by atoms with Gasteiger partial charge in [-0.2, -0.15) is 23.5 Å². The van der Waals surface area contributed by atoms with Crippen LogP contribution in [0, 0.1) is 0 Å². The minimum Gasteiger partial charge on any atom is -0.472 e. The lowest BCUT2D eigenvalue weighted by Gasteiger charge is -2.36. The van der Waals surface area contributed by atoms with Crippen molar-refractivity contribution in [2.75, 3.05) is 18.1 Å². The molecule has 2 nitrogen and oxygen atoms in total. The van der Waals surface area contributed by atoms with Crippen molar-refractivity contribution < 1.29 is 4.42 Å². The van der Waals surface area contributed by atoms with Crippen molar-refractivity contribution in [3.05, 3.63) is 24.2 Å². The molecule has 0 aromatic carbocycles. The third-order valence-electron chi connectivity index (χ3n) is 3.15. The van der Waals surface area contributed by atoms with E-state index in [1.165, 1.54) is 23.5 Å². The molecule has 3 unspecified atom stereocenters. The average Bonchev–Trinajstić information content (AvgIpc) is 2.89. The number of hydrogen-bond acceptors (Lipinski definition) is 4. The van der Waals surface area contributed by atoms with Gasteiger partial charge in [0.1, 0.15) is 0 Å². The van der Waals surface area contributed by atoms with E-state index in [0.717, 1.165) is 11.8 Å². The van der Waals surface area contributed by atoms with E-state index in [1.54, 1.807) is 6.26 Å². The second kappa shape index (κ2) is 6.76. The Hall–Kier alpha value is -0.0600. The average molecular weight is 271 g/mol. The van der Waals surface area contributed by atoms with Crippen LogP contribution in [0.15, 0.2) is 23.0 Å². The second-order valence-corrected chi connectivity index (χ2v) is 6.88. The molecular weight excluding hydrogens is 250 g/mol. The maximum Gasteiger partial charge on any atom is 0.0950 e. The Balaban J connectivity index is 2.13. The molecule has 1 aromatic heterocycles. The predicted molar refractivity (Wildman–Crippen MR) is 77.9 cm³/mol. The predicted octanol–water partition coefficient (Wildman–Crippen LogP) is 3.56. The Labute approximate surface area is 112 Å². The SMILES string of the molecule is CCNC(c1ccoc1)C1SCCSC1CC. The number of rotatable bonds is 5. The topological polar surface area (TPSA) is 25.2 Å². The molecule has 2 heterocycles. The van der Waals surface area contributed by atoms with Crippen molar-refractivity contribution in [3.63, 3.8) is 0 Å². The van der Waals surface area contributed by atoms with Gasteiger partial charge in [-0.1, -0.05) is 13.8 Å². The fourth-order valence-electron chi connectivity index (χ4n) is 2.34. The van der Waals surface area contributed by atoms with E-state index in [0.29, 0.717) is 11.3 Å². The monoisotopic (exact) mass is 271 g/mol. The first kappa shape index (κ1) is 13.4. The van der Waals surface area contributed by atoms with Gasteiger partial charge in [-0.05, 0) is 19.0 Å². The van der Waals surface area contributed by atoms with E-state index in [1.807, 2.05) is 6.26 Å². The van der Waals surface area contributed by atoms with Crippen molar-refractivity contribution in [1.82, 2.24) is 5.32 Å². The molecule has 0 amide bonds. The van der Waals surface area contributed by atoms with Crippen LogP contribution >= 0.6 is 23.5 Å². The third-order valence-corrected chi connectivity index (χ3v) is 6.50. The summed E-state index contributed by atoms with van der Waals surface area (Å²) in [5.41, 5.74) is 1.30. The molecule has 0 bridgehead atoms. The van der Waals surface area contributed by atoms with Crippen LogP contribution in [0.1, 0.15) is 31.9 Å². The molecule has 4 heteroatoms. The fraction of sp³-hybridized carbons (Fsp3) is 0.692. The highest BCUT2D eigenvalue weighted by Crippen LogP contribution is 2.40. The lowest BCUT2D eigenvalue weighted by molar-refractivity contribution is 0.500. The van der Waals surface area contributed by atoms with Gasteiger partial charge in [-0.15, -0.1) is 0 Å². The van der Waals surface area contributed by atoms with Gasteiger partial charge in [-0.25, -0.2) is 0 Å². The number of hydrogen-bond donors (Lipinski definition) is 1. The van der Waals surface area contributed by atoms with Crippen LogP contribution in [0.2, 0.25) is 0 Å². The Bertz CT molecular complexity index is 315. The van der Waals surface area contributed by atoms with Crippen molar-refractivity contribution >= 4 is 23.5 Å². The van der Waals surface area contributed by atoms with Gasteiger partial charge in [0, 0.05) is 33.6 Å². The van der Waals surface area contributed by atoms with Gasteiger partial charge in [0.15, 0.2) is 0 Å². The highest BCUT2D eigenvalue weighted by Gasteiger charge is 2.32. The number of thioether (sulfide) groups is 2. The lowest BCUT2D eigenvalue weighted by atomic mass is 10.0. The summed E-state index contributed by atoms with van der Waals surface area (Å²) in [7, 11) is 0. The first-order chi connectivity index (χ1) is 8.36. The van der Waals surface area contributed by atoms with Crippen molar-refractivity contribution in [2.24, 2.45) is 0 Å². The summed E-state index contributed by atoms with van der Waals surface area (Å²) < 4.78 is 5.25. The summed E-state index contributed by atoms with van der Waals surface area (Å²) in [5, 5.41) is 5.05. The van der Waals surface area contributed by atoms with Crippen molar-refractivity contribution in [1.29, 1.82) is 0 Å². The molecular formula is C13H21NOS2. The molecule has 3 atom stereocenters. The molecule has 0 aliphatic carbocycles. The number of nitrogens with one attached hydrogen (secondary N) is 1. The molecule has 1 aromatic rings. The fourth-order valence-corrected chi connectivity index (χ4v) is 5.59. The first-order valence-electron chi connectivity index (χ1n) is 6.35. The van der Waals surface area contributed by atoms with Crippen LogP contribution < -0.4 is 5.32 Å². The van der Waals surface area contributed by atoms with Crippen LogP contribution in [-0.4, -0.2) is 28.6 Å². The van der Waals surface area contributed by atoms with Gasteiger partial charge in [0.05, 0.1) is 12.5 Å². The molecule has 1 saturated heterocycles. The summed E-state index contributed by atoms with van der Waals surface area (Å²) >= 11 is 4.25. The molecule has 1 fully saturated rings. The van der Waals surface area contributed by atoms with Crippen molar-refractivity contribution in [3.8, 4) is 0 Å². The van der Waals surface area contributed by atoms with E-state index < -0.39 is 0 Å². The molecule has 0 spiro atoms.